The van der Waals surface area contributed by atoms with E-state index in [-0.39, 0.29) is 0 Å². The van der Waals surface area contributed by atoms with E-state index in [1.807, 2.05) is 6.92 Å². The summed E-state index contributed by atoms with van der Waals surface area (Å²) in [5.41, 5.74) is 2.01. The number of hydrogen-bond donors (Lipinski definition) is 1. The Morgan fingerprint density at radius 2 is 2.36 bits per heavy atom. The van der Waals surface area contributed by atoms with Crippen LogP contribution in [-0.4, -0.2) is 26.5 Å². The summed E-state index contributed by atoms with van der Waals surface area (Å²) >= 11 is 0. The standard InChI is InChI=1S/C9H10N4O/c1-3-14-6(2)7-8-9(12-4-10-7)13-5-11-8/h4-5H,2-3H2,1H3,(H,10,11,12,13). The van der Waals surface area contributed by atoms with Crippen molar-refractivity contribution in [2.24, 2.45) is 0 Å². The van der Waals surface area contributed by atoms with Gasteiger partial charge in [-0.05, 0) is 6.92 Å². The minimum Gasteiger partial charge on any atom is -0.492 e. The van der Waals surface area contributed by atoms with Crippen molar-refractivity contribution in [2.45, 2.75) is 6.92 Å². The zero-order chi connectivity index (χ0) is 9.97. The smallest absolute Gasteiger partial charge is 0.161 e. The number of hydrogen-bond acceptors (Lipinski definition) is 4. The van der Waals surface area contributed by atoms with Gasteiger partial charge in [0, 0.05) is 0 Å². The molecule has 14 heavy (non-hydrogen) atoms. The second-order valence-corrected chi connectivity index (χ2v) is 2.68. The maximum atomic E-state index is 5.27. The Morgan fingerprint density at radius 1 is 1.50 bits per heavy atom. The number of aromatic nitrogens is 4. The van der Waals surface area contributed by atoms with Gasteiger partial charge in [-0.1, -0.05) is 6.58 Å². The summed E-state index contributed by atoms with van der Waals surface area (Å²) < 4.78 is 5.27. The van der Waals surface area contributed by atoms with E-state index in [2.05, 4.69) is 26.5 Å². The van der Waals surface area contributed by atoms with E-state index in [4.69, 9.17) is 4.74 Å². The topological polar surface area (TPSA) is 63.7 Å². The van der Waals surface area contributed by atoms with E-state index in [1.165, 1.54) is 6.33 Å². The SMILES string of the molecule is C=C(OCC)c1ncnc2[nH]cnc12. The summed E-state index contributed by atoms with van der Waals surface area (Å²) in [5.74, 6) is 0.520. The minimum absolute atomic E-state index is 0.520. The van der Waals surface area contributed by atoms with E-state index in [0.717, 1.165) is 0 Å². The highest BCUT2D eigenvalue weighted by molar-refractivity contribution is 5.81. The molecule has 2 heterocycles. The molecule has 2 aromatic heterocycles. The van der Waals surface area contributed by atoms with Gasteiger partial charge in [-0.2, -0.15) is 0 Å². The van der Waals surface area contributed by atoms with Crippen molar-refractivity contribution in [3.05, 3.63) is 24.9 Å². The molecule has 0 saturated carbocycles. The maximum Gasteiger partial charge on any atom is 0.161 e. The highest BCUT2D eigenvalue weighted by Crippen LogP contribution is 2.17. The van der Waals surface area contributed by atoms with Crippen molar-refractivity contribution < 1.29 is 4.74 Å². The fourth-order valence-electron chi connectivity index (χ4n) is 1.21. The Balaban J connectivity index is 2.50. The molecule has 0 spiro atoms. The van der Waals surface area contributed by atoms with Crippen LogP contribution < -0.4 is 0 Å². The summed E-state index contributed by atoms with van der Waals surface area (Å²) in [5, 5.41) is 0. The predicted molar refractivity (Wildman–Crippen MR) is 52.3 cm³/mol. The Morgan fingerprint density at radius 3 is 3.14 bits per heavy atom. The molecule has 0 atom stereocenters. The van der Waals surface area contributed by atoms with E-state index in [0.29, 0.717) is 29.2 Å². The number of rotatable bonds is 3. The van der Waals surface area contributed by atoms with Crippen molar-refractivity contribution in [3.63, 3.8) is 0 Å². The molecule has 0 amide bonds. The van der Waals surface area contributed by atoms with E-state index in [9.17, 15) is 0 Å². The van der Waals surface area contributed by atoms with Crippen LogP contribution in [0.2, 0.25) is 0 Å². The molecule has 0 aromatic carbocycles. The van der Waals surface area contributed by atoms with Gasteiger partial charge < -0.3 is 9.72 Å². The molecule has 1 N–H and O–H groups in total. The number of fused-ring (bicyclic) bond motifs is 1. The van der Waals surface area contributed by atoms with Crippen LogP contribution in [0.25, 0.3) is 16.9 Å². The first-order chi connectivity index (χ1) is 6.83. The Bertz CT molecular complexity index is 463. The van der Waals surface area contributed by atoms with Gasteiger partial charge in [0.05, 0.1) is 12.9 Å². The van der Waals surface area contributed by atoms with E-state index >= 15 is 0 Å². The molecule has 2 rings (SSSR count). The minimum atomic E-state index is 0.520. The van der Waals surface area contributed by atoms with E-state index in [1.54, 1.807) is 6.33 Å². The molecule has 0 bridgehead atoms. The van der Waals surface area contributed by atoms with Crippen LogP contribution in [0.1, 0.15) is 12.6 Å². The lowest BCUT2D eigenvalue weighted by Gasteiger charge is -2.05. The Hall–Kier alpha value is -1.91. The van der Waals surface area contributed by atoms with Crippen LogP contribution >= 0.6 is 0 Å². The number of aromatic amines is 1. The summed E-state index contributed by atoms with van der Waals surface area (Å²) in [7, 11) is 0. The molecule has 0 unspecified atom stereocenters. The summed E-state index contributed by atoms with van der Waals surface area (Å²) in [6, 6.07) is 0. The highest BCUT2D eigenvalue weighted by Gasteiger charge is 2.09. The first-order valence-electron chi connectivity index (χ1n) is 4.29. The molecule has 0 aliphatic heterocycles. The van der Waals surface area contributed by atoms with Gasteiger partial charge in [-0.15, -0.1) is 0 Å². The fourth-order valence-corrected chi connectivity index (χ4v) is 1.21. The van der Waals surface area contributed by atoms with Crippen LogP contribution in [0.4, 0.5) is 0 Å². The lowest BCUT2D eigenvalue weighted by atomic mass is 10.3. The lowest BCUT2D eigenvalue weighted by Crippen LogP contribution is -1.95. The molecular weight excluding hydrogens is 180 g/mol. The Labute approximate surface area is 80.9 Å². The summed E-state index contributed by atoms with van der Waals surface area (Å²) in [6.07, 6.45) is 3.03. The third-order valence-electron chi connectivity index (χ3n) is 1.80. The van der Waals surface area contributed by atoms with Crippen LogP contribution in [0, 0.1) is 0 Å². The van der Waals surface area contributed by atoms with Gasteiger partial charge in [0.2, 0.25) is 0 Å². The van der Waals surface area contributed by atoms with Gasteiger partial charge >= 0.3 is 0 Å². The van der Waals surface area contributed by atoms with Gasteiger partial charge in [-0.3, -0.25) is 0 Å². The molecule has 0 aliphatic carbocycles. The summed E-state index contributed by atoms with van der Waals surface area (Å²) in [6.45, 7) is 6.24. The third kappa shape index (κ3) is 1.32. The second kappa shape index (κ2) is 3.45. The molecule has 5 nitrogen and oxygen atoms in total. The average molecular weight is 190 g/mol. The molecule has 0 radical (unpaired) electrons. The predicted octanol–water partition coefficient (Wildman–Crippen LogP) is 1.36. The van der Waals surface area contributed by atoms with Crippen molar-refractivity contribution in [3.8, 4) is 0 Å². The third-order valence-corrected chi connectivity index (χ3v) is 1.80. The van der Waals surface area contributed by atoms with E-state index < -0.39 is 0 Å². The first kappa shape index (κ1) is 8.68. The molecule has 5 heteroatoms. The van der Waals surface area contributed by atoms with Crippen molar-refractivity contribution >= 4 is 16.9 Å². The Kier molecular flexibility index (Phi) is 2.14. The quantitative estimate of drug-likeness (QED) is 0.742. The van der Waals surface area contributed by atoms with Crippen molar-refractivity contribution in [2.75, 3.05) is 6.61 Å². The monoisotopic (exact) mass is 190 g/mol. The zero-order valence-corrected chi connectivity index (χ0v) is 7.82. The maximum absolute atomic E-state index is 5.27. The van der Waals surface area contributed by atoms with Crippen molar-refractivity contribution in [1.29, 1.82) is 0 Å². The number of nitrogens with zero attached hydrogens (tertiary/aromatic N) is 3. The van der Waals surface area contributed by atoms with Gasteiger partial charge in [0.1, 0.15) is 23.3 Å². The van der Waals surface area contributed by atoms with Crippen LogP contribution in [0.15, 0.2) is 19.2 Å². The second-order valence-electron chi connectivity index (χ2n) is 2.68. The molecule has 2 aromatic rings. The number of H-pyrrole nitrogens is 1. The van der Waals surface area contributed by atoms with Crippen LogP contribution in [0.5, 0.6) is 0 Å². The molecular formula is C9H10N4O. The molecule has 0 saturated heterocycles. The fraction of sp³-hybridized carbons (Fsp3) is 0.222. The number of nitrogens with one attached hydrogen (secondary N) is 1. The van der Waals surface area contributed by atoms with Gasteiger partial charge in [0.25, 0.3) is 0 Å². The zero-order valence-electron chi connectivity index (χ0n) is 7.82. The van der Waals surface area contributed by atoms with Gasteiger partial charge in [0.15, 0.2) is 5.65 Å². The molecule has 0 aliphatic rings. The molecule has 0 fully saturated rings. The average Bonchev–Trinajstić information content (AvgIpc) is 2.65. The first-order valence-corrected chi connectivity index (χ1v) is 4.29. The molecule has 72 valence electrons. The largest absolute Gasteiger partial charge is 0.492 e. The highest BCUT2D eigenvalue weighted by atomic mass is 16.5. The van der Waals surface area contributed by atoms with Crippen LogP contribution in [0.3, 0.4) is 0 Å². The number of imidazole rings is 1. The number of ether oxygens (including phenoxy) is 1. The lowest BCUT2D eigenvalue weighted by molar-refractivity contribution is 0.298. The summed E-state index contributed by atoms with van der Waals surface area (Å²) in [4.78, 5) is 15.1. The normalized spacial score (nSPS) is 10.4. The van der Waals surface area contributed by atoms with Gasteiger partial charge in [-0.25, -0.2) is 15.0 Å². The van der Waals surface area contributed by atoms with Crippen LogP contribution in [-0.2, 0) is 4.74 Å². The van der Waals surface area contributed by atoms with Crippen molar-refractivity contribution in [1.82, 2.24) is 19.9 Å².